The van der Waals surface area contributed by atoms with Crippen LogP contribution in [0.5, 0.6) is 0 Å². The van der Waals surface area contributed by atoms with E-state index in [2.05, 4.69) is 67.8 Å². The van der Waals surface area contributed by atoms with Crippen LogP contribution in [0.3, 0.4) is 0 Å². The quantitative estimate of drug-likeness (QED) is 0.0166. The molecular weight excluding hydrogens is 859 g/mol. The number of nitrogens with one attached hydrogen (secondary N) is 1. The summed E-state index contributed by atoms with van der Waals surface area (Å²) in [5.41, 5.74) is 0. The van der Waals surface area contributed by atoms with Crippen molar-refractivity contribution in [2.24, 2.45) is 0 Å². The largest absolute Gasteiger partial charge is 0.394 e. The Bertz CT molecular complexity index is 1240. The number of aliphatic hydroxyl groups is 7. The lowest BCUT2D eigenvalue weighted by atomic mass is 9.98. The zero-order valence-corrected chi connectivity index (χ0v) is 43.3. The average molecular weight is 964 g/mol. The number of hydrogen-bond donors (Lipinski definition) is 8. The topological polar surface area (TPSA) is 189 Å². The first kappa shape index (κ1) is 64.1. The van der Waals surface area contributed by atoms with Crippen LogP contribution in [0.2, 0.25) is 0 Å². The number of aliphatic hydroxyl groups excluding tert-OH is 7. The molecule has 398 valence electrons. The monoisotopic (exact) mass is 964 g/mol. The Morgan fingerprint density at radius 1 is 0.515 bits per heavy atom. The van der Waals surface area contributed by atoms with Crippen LogP contribution in [-0.4, -0.2) is 110 Å². The van der Waals surface area contributed by atoms with Crippen molar-refractivity contribution in [2.75, 3.05) is 13.2 Å². The average Bonchev–Trinajstić information content (AvgIpc) is 3.34. The number of carbonyl (C=O) groups is 1. The van der Waals surface area contributed by atoms with Crippen LogP contribution in [0, 0.1) is 0 Å². The Labute approximate surface area is 415 Å². The van der Waals surface area contributed by atoms with Gasteiger partial charge in [0, 0.05) is 0 Å². The summed E-state index contributed by atoms with van der Waals surface area (Å²) in [5, 5.41) is 75.9. The summed E-state index contributed by atoms with van der Waals surface area (Å²) in [5.74, 6) is -0.723. The second-order valence-corrected chi connectivity index (χ2v) is 19.7. The van der Waals surface area contributed by atoms with Gasteiger partial charge in [0.1, 0.15) is 36.6 Å². The van der Waals surface area contributed by atoms with Gasteiger partial charge in [-0.3, -0.25) is 4.79 Å². The molecule has 8 N–H and O–H groups in total. The molecule has 0 aromatic heterocycles. The van der Waals surface area contributed by atoms with E-state index >= 15 is 0 Å². The van der Waals surface area contributed by atoms with Crippen molar-refractivity contribution >= 4 is 5.91 Å². The third kappa shape index (κ3) is 34.4. The summed E-state index contributed by atoms with van der Waals surface area (Å²) in [6.45, 7) is 3.40. The summed E-state index contributed by atoms with van der Waals surface area (Å²) in [4.78, 5) is 13.1. The Balaban J connectivity index is 2.34. The molecule has 9 atom stereocenters. The van der Waals surface area contributed by atoms with Gasteiger partial charge in [0.15, 0.2) is 6.29 Å². The van der Waals surface area contributed by atoms with Gasteiger partial charge in [-0.1, -0.05) is 210 Å². The van der Waals surface area contributed by atoms with Gasteiger partial charge in [-0.25, -0.2) is 0 Å². The highest BCUT2D eigenvalue weighted by molar-refractivity contribution is 5.80. The summed E-state index contributed by atoms with van der Waals surface area (Å²) in [6.07, 6.45) is 46.1. The first-order valence-corrected chi connectivity index (χ1v) is 28.1. The molecule has 1 aliphatic rings. The molecule has 0 bridgehead atoms. The number of amides is 1. The fourth-order valence-corrected chi connectivity index (χ4v) is 8.74. The molecule has 1 rings (SSSR count). The van der Waals surface area contributed by atoms with Gasteiger partial charge in [-0.05, 0) is 77.0 Å². The van der Waals surface area contributed by atoms with Crippen LogP contribution < -0.4 is 5.32 Å². The van der Waals surface area contributed by atoms with Gasteiger partial charge >= 0.3 is 0 Å². The lowest BCUT2D eigenvalue weighted by Gasteiger charge is -2.40. The SMILES string of the molecule is CCCCC/C=C\C=C/CCCCCCCC(O)C(=O)NC(COC1OC(CO)C(O)C(O)C1O)C(O)C(O)CCC/C=C/CC/C=C/CCCCCCCCCCCCCCCCCCCC. The lowest BCUT2D eigenvalue weighted by molar-refractivity contribution is -0.303. The normalized spacial score (nSPS) is 20.9. The number of allylic oxidation sites excluding steroid dienone is 8. The molecule has 0 saturated carbocycles. The molecule has 1 aliphatic heterocycles. The van der Waals surface area contributed by atoms with Crippen LogP contribution in [-0.2, 0) is 14.3 Å². The molecule has 0 aromatic rings. The van der Waals surface area contributed by atoms with Crippen molar-refractivity contribution < 1.29 is 50.0 Å². The Morgan fingerprint density at radius 2 is 0.926 bits per heavy atom. The minimum atomic E-state index is -1.68. The van der Waals surface area contributed by atoms with E-state index in [1.165, 1.54) is 135 Å². The molecule has 11 heteroatoms. The lowest BCUT2D eigenvalue weighted by Crippen LogP contribution is -2.60. The molecule has 9 unspecified atom stereocenters. The number of rotatable bonds is 47. The van der Waals surface area contributed by atoms with Crippen molar-refractivity contribution in [1.29, 1.82) is 0 Å². The molecule has 1 saturated heterocycles. The maximum absolute atomic E-state index is 13.1. The van der Waals surface area contributed by atoms with Gasteiger partial charge in [-0.15, -0.1) is 0 Å². The van der Waals surface area contributed by atoms with E-state index in [0.717, 1.165) is 57.8 Å². The van der Waals surface area contributed by atoms with E-state index in [9.17, 15) is 40.5 Å². The first-order chi connectivity index (χ1) is 33.2. The van der Waals surface area contributed by atoms with Crippen molar-refractivity contribution in [3.8, 4) is 0 Å². The molecule has 0 aromatic carbocycles. The van der Waals surface area contributed by atoms with Crippen molar-refractivity contribution in [2.45, 2.75) is 294 Å². The highest BCUT2D eigenvalue weighted by Crippen LogP contribution is 2.23. The van der Waals surface area contributed by atoms with Crippen molar-refractivity contribution in [3.63, 3.8) is 0 Å². The zero-order chi connectivity index (χ0) is 49.7. The van der Waals surface area contributed by atoms with E-state index in [1.54, 1.807) is 0 Å². The van der Waals surface area contributed by atoms with Gasteiger partial charge in [0.2, 0.25) is 5.91 Å². The summed E-state index contributed by atoms with van der Waals surface area (Å²) < 4.78 is 11.1. The fourth-order valence-electron chi connectivity index (χ4n) is 8.74. The van der Waals surface area contributed by atoms with Crippen LogP contribution in [0.1, 0.15) is 239 Å². The van der Waals surface area contributed by atoms with Crippen molar-refractivity contribution in [3.05, 3.63) is 48.6 Å². The molecule has 0 spiro atoms. The molecule has 11 nitrogen and oxygen atoms in total. The second kappa shape index (κ2) is 46.2. The zero-order valence-electron chi connectivity index (χ0n) is 43.3. The highest BCUT2D eigenvalue weighted by atomic mass is 16.7. The van der Waals surface area contributed by atoms with Crippen LogP contribution in [0.4, 0.5) is 0 Å². The number of ether oxygens (including phenoxy) is 2. The molecule has 1 amide bonds. The number of carbonyl (C=O) groups excluding carboxylic acids is 1. The molecule has 1 fully saturated rings. The predicted octanol–water partition coefficient (Wildman–Crippen LogP) is 11.3. The Hall–Kier alpha value is -1.93. The van der Waals surface area contributed by atoms with Gasteiger partial charge < -0.3 is 50.5 Å². The third-order valence-electron chi connectivity index (χ3n) is 13.4. The number of unbranched alkanes of at least 4 members (excludes halogenated alkanes) is 28. The Morgan fingerprint density at radius 3 is 1.43 bits per heavy atom. The molecular formula is C57H105NO10. The minimum absolute atomic E-state index is 0.231. The summed E-state index contributed by atoms with van der Waals surface area (Å²) >= 11 is 0. The van der Waals surface area contributed by atoms with E-state index < -0.39 is 74.2 Å². The maximum atomic E-state index is 13.1. The van der Waals surface area contributed by atoms with E-state index in [0.29, 0.717) is 19.3 Å². The van der Waals surface area contributed by atoms with Crippen LogP contribution in [0.15, 0.2) is 48.6 Å². The smallest absolute Gasteiger partial charge is 0.249 e. The van der Waals surface area contributed by atoms with Crippen molar-refractivity contribution in [1.82, 2.24) is 5.32 Å². The van der Waals surface area contributed by atoms with Gasteiger partial charge in [0.25, 0.3) is 0 Å². The van der Waals surface area contributed by atoms with Gasteiger partial charge in [-0.2, -0.15) is 0 Å². The first-order valence-electron chi connectivity index (χ1n) is 28.1. The number of hydrogen-bond acceptors (Lipinski definition) is 10. The molecule has 0 radical (unpaired) electrons. The standard InChI is InChI=1S/C57H105NO10/c1-3-5-7-9-11-13-15-17-19-20-21-22-23-24-25-26-27-28-29-30-31-33-34-36-38-40-42-44-49(60)52(62)48(47-67-57-55(65)54(64)53(63)51(46-59)68-57)58-56(66)50(61)45-43-41-39-37-35-32-18-16-14-12-10-8-6-4-2/h12,14,16,18,30-31,36,38,48-55,57,59-65H,3-11,13,15,17,19-29,32-35,37,39-47H2,1-2H3,(H,58,66)/b14-12-,18-16-,31-30+,38-36+. The minimum Gasteiger partial charge on any atom is -0.394 e. The van der Waals surface area contributed by atoms with E-state index in [-0.39, 0.29) is 12.8 Å². The molecule has 68 heavy (non-hydrogen) atoms. The van der Waals surface area contributed by atoms with Crippen LogP contribution in [0.25, 0.3) is 0 Å². The van der Waals surface area contributed by atoms with E-state index in [1.807, 2.05) is 0 Å². The summed E-state index contributed by atoms with van der Waals surface area (Å²) in [7, 11) is 0. The summed E-state index contributed by atoms with van der Waals surface area (Å²) in [6, 6.07) is -1.20. The second-order valence-electron chi connectivity index (χ2n) is 19.7. The fraction of sp³-hybridized carbons (Fsp3) is 0.842. The Kier molecular flexibility index (Phi) is 43.5. The van der Waals surface area contributed by atoms with E-state index in [4.69, 9.17) is 9.47 Å². The van der Waals surface area contributed by atoms with Gasteiger partial charge in [0.05, 0.1) is 25.4 Å². The highest BCUT2D eigenvalue weighted by Gasteiger charge is 2.44. The molecule has 1 heterocycles. The maximum Gasteiger partial charge on any atom is 0.249 e. The molecule has 0 aliphatic carbocycles. The predicted molar refractivity (Wildman–Crippen MR) is 279 cm³/mol. The third-order valence-corrected chi connectivity index (χ3v) is 13.4. The van der Waals surface area contributed by atoms with Crippen LogP contribution >= 0.6 is 0 Å².